The molecule has 1 aromatic carbocycles. The zero-order valence-electron chi connectivity index (χ0n) is 11.7. The third-order valence-electron chi connectivity index (χ3n) is 3.44. The average Bonchev–Trinajstić information content (AvgIpc) is 2.88. The monoisotopic (exact) mass is 262 g/mol. The van der Waals surface area contributed by atoms with Crippen molar-refractivity contribution < 1.29 is 9.53 Å². The standard InChI is InChI=1S/C15H22N2O2/c1-3-17(10-13-7-8-19-11-13)15(18)16-14-6-4-5-12(2)9-14/h4-6,9,13H,3,7-8,10-11H2,1-2H3,(H,16,18). The summed E-state index contributed by atoms with van der Waals surface area (Å²) in [5, 5.41) is 2.95. The van der Waals surface area contributed by atoms with E-state index in [9.17, 15) is 4.79 Å². The number of aryl methyl sites for hydroxylation is 1. The smallest absolute Gasteiger partial charge is 0.321 e. The van der Waals surface area contributed by atoms with E-state index in [0.29, 0.717) is 12.5 Å². The molecule has 0 bridgehead atoms. The van der Waals surface area contributed by atoms with Crippen LogP contribution in [0.25, 0.3) is 0 Å². The number of rotatable bonds is 4. The number of nitrogens with one attached hydrogen (secondary N) is 1. The maximum atomic E-state index is 12.2. The van der Waals surface area contributed by atoms with Gasteiger partial charge in [0.15, 0.2) is 0 Å². The summed E-state index contributed by atoms with van der Waals surface area (Å²) in [6.45, 7) is 7.10. The van der Waals surface area contributed by atoms with Gasteiger partial charge in [-0.1, -0.05) is 12.1 Å². The van der Waals surface area contributed by atoms with E-state index in [2.05, 4.69) is 5.32 Å². The topological polar surface area (TPSA) is 41.6 Å². The third-order valence-corrected chi connectivity index (χ3v) is 3.44. The second kappa shape index (κ2) is 6.57. The van der Waals surface area contributed by atoms with Gasteiger partial charge in [-0.05, 0) is 38.0 Å². The van der Waals surface area contributed by atoms with Crippen LogP contribution in [0.4, 0.5) is 10.5 Å². The SMILES string of the molecule is CCN(CC1CCOC1)C(=O)Nc1cccc(C)c1. The van der Waals surface area contributed by atoms with Gasteiger partial charge >= 0.3 is 6.03 Å². The van der Waals surface area contributed by atoms with Gasteiger partial charge < -0.3 is 15.0 Å². The highest BCUT2D eigenvalue weighted by Gasteiger charge is 2.21. The first-order chi connectivity index (χ1) is 9.19. The van der Waals surface area contributed by atoms with Gasteiger partial charge in [0.05, 0.1) is 6.61 Å². The van der Waals surface area contributed by atoms with Crippen LogP contribution in [-0.4, -0.2) is 37.2 Å². The van der Waals surface area contributed by atoms with Crippen LogP contribution in [0, 0.1) is 12.8 Å². The number of anilines is 1. The van der Waals surface area contributed by atoms with Gasteiger partial charge in [-0.3, -0.25) is 0 Å². The molecule has 1 heterocycles. The quantitative estimate of drug-likeness (QED) is 0.906. The second-order valence-electron chi connectivity index (χ2n) is 5.07. The highest BCUT2D eigenvalue weighted by molar-refractivity contribution is 5.89. The van der Waals surface area contributed by atoms with Gasteiger partial charge in [-0.2, -0.15) is 0 Å². The Balaban J connectivity index is 1.92. The van der Waals surface area contributed by atoms with Crippen LogP contribution in [0.1, 0.15) is 18.9 Å². The predicted octanol–water partition coefficient (Wildman–Crippen LogP) is 2.89. The van der Waals surface area contributed by atoms with Crippen molar-refractivity contribution in [2.45, 2.75) is 20.3 Å². The molecule has 1 fully saturated rings. The number of carbonyl (C=O) groups excluding carboxylic acids is 1. The van der Waals surface area contributed by atoms with E-state index in [-0.39, 0.29) is 6.03 Å². The minimum Gasteiger partial charge on any atom is -0.381 e. The van der Waals surface area contributed by atoms with Crippen molar-refractivity contribution in [2.24, 2.45) is 5.92 Å². The summed E-state index contributed by atoms with van der Waals surface area (Å²) >= 11 is 0. The lowest BCUT2D eigenvalue weighted by Crippen LogP contribution is -2.38. The molecule has 4 nitrogen and oxygen atoms in total. The number of hydrogen-bond donors (Lipinski definition) is 1. The summed E-state index contributed by atoms with van der Waals surface area (Å²) in [7, 11) is 0. The molecule has 0 aromatic heterocycles. The van der Waals surface area contributed by atoms with E-state index in [1.54, 1.807) is 0 Å². The molecule has 1 aliphatic rings. The Morgan fingerprint density at radius 1 is 1.53 bits per heavy atom. The maximum absolute atomic E-state index is 12.2. The molecule has 0 aliphatic carbocycles. The summed E-state index contributed by atoms with van der Waals surface area (Å²) in [6.07, 6.45) is 1.05. The van der Waals surface area contributed by atoms with Crippen molar-refractivity contribution >= 4 is 11.7 Å². The Bertz CT molecular complexity index is 428. The summed E-state index contributed by atoms with van der Waals surface area (Å²) in [4.78, 5) is 14.1. The van der Waals surface area contributed by atoms with Crippen molar-refractivity contribution in [2.75, 3.05) is 31.6 Å². The lowest BCUT2D eigenvalue weighted by atomic mass is 10.1. The molecule has 0 saturated carbocycles. The van der Waals surface area contributed by atoms with Crippen LogP contribution in [-0.2, 0) is 4.74 Å². The Labute approximate surface area is 114 Å². The van der Waals surface area contributed by atoms with Crippen LogP contribution < -0.4 is 5.32 Å². The Kier molecular flexibility index (Phi) is 4.80. The highest BCUT2D eigenvalue weighted by Crippen LogP contribution is 2.15. The fourth-order valence-corrected chi connectivity index (χ4v) is 2.32. The maximum Gasteiger partial charge on any atom is 0.321 e. The summed E-state index contributed by atoms with van der Waals surface area (Å²) in [5.41, 5.74) is 2.00. The molecule has 0 radical (unpaired) electrons. The van der Waals surface area contributed by atoms with E-state index in [1.807, 2.05) is 43.0 Å². The van der Waals surface area contributed by atoms with E-state index >= 15 is 0 Å². The molecule has 2 amide bonds. The molecule has 1 aliphatic heterocycles. The van der Waals surface area contributed by atoms with Gasteiger partial charge in [-0.15, -0.1) is 0 Å². The van der Waals surface area contributed by atoms with Gasteiger partial charge in [0.25, 0.3) is 0 Å². The fourth-order valence-electron chi connectivity index (χ4n) is 2.32. The molecule has 1 atom stereocenters. The lowest BCUT2D eigenvalue weighted by Gasteiger charge is -2.24. The van der Waals surface area contributed by atoms with Crippen LogP contribution in [0.3, 0.4) is 0 Å². The van der Waals surface area contributed by atoms with E-state index in [4.69, 9.17) is 4.74 Å². The highest BCUT2D eigenvalue weighted by atomic mass is 16.5. The largest absolute Gasteiger partial charge is 0.381 e. The first-order valence-corrected chi connectivity index (χ1v) is 6.89. The zero-order chi connectivity index (χ0) is 13.7. The molecule has 4 heteroatoms. The number of urea groups is 1. The molecule has 0 spiro atoms. The van der Waals surface area contributed by atoms with Crippen LogP contribution in [0.15, 0.2) is 24.3 Å². The number of amides is 2. The van der Waals surface area contributed by atoms with Crippen molar-refractivity contribution in [1.82, 2.24) is 4.90 Å². The van der Waals surface area contributed by atoms with E-state index in [0.717, 1.165) is 37.4 Å². The van der Waals surface area contributed by atoms with Gasteiger partial charge in [-0.25, -0.2) is 4.79 Å². The molecule has 1 aromatic rings. The van der Waals surface area contributed by atoms with E-state index < -0.39 is 0 Å². The molecule has 2 rings (SSSR count). The summed E-state index contributed by atoms with van der Waals surface area (Å²) in [5.74, 6) is 0.475. The van der Waals surface area contributed by atoms with Gasteiger partial charge in [0.1, 0.15) is 0 Å². The number of carbonyl (C=O) groups is 1. The van der Waals surface area contributed by atoms with Crippen molar-refractivity contribution in [1.29, 1.82) is 0 Å². The predicted molar refractivity (Wildman–Crippen MR) is 76.4 cm³/mol. The lowest BCUT2D eigenvalue weighted by molar-refractivity contribution is 0.171. The first kappa shape index (κ1) is 13.9. The Hall–Kier alpha value is -1.55. The molecule has 1 saturated heterocycles. The van der Waals surface area contributed by atoms with Gasteiger partial charge in [0, 0.05) is 31.3 Å². The fraction of sp³-hybridized carbons (Fsp3) is 0.533. The normalized spacial score (nSPS) is 18.3. The van der Waals surface area contributed by atoms with Crippen LogP contribution in [0.5, 0.6) is 0 Å². The van der Waals surface area contributed by atoms with Crippen molar-refractivity contribution in [3.8, 4) is 0 Å². The second-order valence-corrected chi connectivity index (χ2v) is 5.07. The minimum absolute atomic E-state index is 0.0278. The number of hydrogen-bond acceptors (Lipinski definition) is 2. The van der Waals surface area contributed by atoms with Gasteiger partial charge in [0.2, 0.25) is 0 Å². The number of ether oxygens (including phenoxy) is 1. The van der Waals surface area contributed by atoms with E-state index in [1.165, 1.54) is 0 Å². The molecule has 1 N–H and O–H groups in total. The summed E-state index contributed by atoms with van der Waals surface area (Å²) < 4.78 is 5.36. The average molecular weight is 262 g/mol. The number of nitrogens with zero attached hydrogens (tertiary/aromatic N) is 1. The molecule has 104 valence electrons. The Morgan fingerprint density at radius 3 is 3.00 bits per heavy atom. The van der Waals surface area contributed by atoms with Crippen molar-refractivity contribution in [3.05, 3.63) is 29.8 Å². The molecular weight excluding hydrogens is 240 g/mol. The molecule has 19 heavy (non-hydrogen) atoms. The number of benzene rings is 1. The van der Waals surface area contributed by atoms with Crippen LogP contribution in [0.2, 0.25) is 0 Å². The minimum atomic E-state index is -0.0278. The molecule has 1 unspecified atom stereocenters. The zero-order valence-corrected chi connectivity index (χ0v) is 11.7. The third kappa shape index (κ3) is 3.96. The Morgan fingerprint density at radius 2 is 2.37 bits per heavy atom. The van der Waals surface area contributed by atoms with Crippen molar-refractivity contribution in [3.63, 3.8) is 0 Å². The summed E-state index contributed by atoms with van der Waals surface area (Å²) in [6, 6.07) is 7.83. The molecular formula is C15H22N2O2. The van der Waals surface area contributed by atoms with Crippen LogP contribution >= 0.6 is 0 Å². The first-order valence-electron chi connectivity index (χ1n) is 6.89.